The molecule has 0 aliphatic rings. The minimum atomic E-state index is -0.985. The van der Waals surface area contributed by atoms with E-state index in [4.69, 9.17) is 0 Å². The molecule has 0 atom stereocenters. The molecule has 0 bridgehead atoms. The standard InChI is InChI=1S/C13H14F3N3/c1-3-4-19-7-8(2)17-13(19)18-12-10(15)5-9(14)6-11(12)16/h5-7H,3-4H2,1-2H3,(H,17,18). The molecule has 1 heterocycles. The molecule has 3 nitrogen and oxygen atoms in total. The fourth-order valence-electron chi connectivity index (χ4n) is 1.83. The summed E-state index contributed by atoms with van der Waals surface area (Å²) in [7, 11) is 0. The van der Waals surface area contributed by atoms with Crippen molar-refractivity contribution in [3.8, 4) is 0 Å². The zero-order valence-electron chi connectivity index (χ0n) is 10.7. The van der Waals surface area contributed by atoms with Crippen LogP contribution >= 0.6 is 0 Å². The van der Waals surface area contributed by atoms with Gasteiger partial charge in [0.1, 0.15) is 11.5 Å². The number of halogens is 3. The van der Waals surface area contributed by atoms with Gasteiger partial charge in [-0.2, -0.15) is 0 Å². The van der Waals surface area contributed by atoms with E-state index in [-0.39, 0.29) is 0 Å². The number of benzene rings is 1. The van der Waals surface area contributed by atoms with Gasteiger partial charge in [-0.05, 0) is 13.3 Å². The Kier molecular flexibility index (Phi) is 3.78. The van der Waals surface area contributed by atoms with Crippen LogP contribution in [0.15, 0.2) is 18.3 Å². The topological polar surface area (TPSA) is 29.9 Å². The monoisotopic (exact) mass is 269 g/mol. The predicted molar refractivity (Wildman–Crippen MR) is 66.9 cm³/mol. The average Bonchev–Trinajstić information content (AvgIpc) is 2.64. The number of imidazole rings is 1. The summed E-state index contributed by atoms with van der Waals surface area (Å²) in [6.45, 7) is 4.44. The summed E-state index contributed by atoms with van der Waals surface area (Å²) in [5.74, 6) is -2.58. The molecule has 0 spiro atoms. The van der Waals surface area contributed by atoms with Crippen molar-refractivity contribution >= 4 is 11.6 Å². The number of hydrogen-bond acceptors (Lipinski definition) is 2. The highest BCUT2D eigenvalue weighted by Crippen LogP contribution is 2.24. The molecule has 0 saturated heterocycles. The summed E-state index contributed by atoms with van der Waals surface area (Å²) in [6, 6.07) is 1.26. The first-order valence-electron chi connectivity index (χ1n) is 5.96. The SMILES string of the molecule is CCCn1cc(C)nc1Nc1c(F)cc(F)cc1F. The Balaban J connectivity index is 2.36. The molecule has 0 aliphatic heterocycles. The molecular formula is C13H14F3N3. The number of aryl methyl sites for hydroxylation is 2. The van der Waals surface area contributed by atoms with Crippen LogP contribution in [0.25, 0.3) is 0 Å². The van der Waals surface area contributed by atoms with E-state index in [1.165, 1.54) is 0 Å². The van der Waals surface area contributed by atoms with Gasteiger partial charge >= 0.3 is 0 Å². The minimum absolute atomic E-state index is 0.337. The van der Waals surface area contributed by atoms with Crippen LogP contribution in [0.2, 0.25) is 0 Å². The summed E-state index contributed by atoms with van der Waals surface area (Å²) >= 11 is 0. The summed E-state index contributed by atoms with van der Waals surface area (Å²) in [5.41, 5.74) is 0.336. The minimum Gasteiger partial charge on any atom is -0.321 e. The molecule has 102 valence electrons. The third kappa shape index (κ3) is 2.89. The Morgan fingerprint density at radius 1 is 1.21 bits per heavy atom. The van der Waals surface area contributed by atoms with Crippen molar-refractivity contribution in [3.05, 3.63) is 41.5 Å². The van der Waals surface area contributed by atoms with Crippen LogP contribution in [-0.2, 0) is 6.54 Å². The lowest BCUT2D eigenvalue weighted by atomic mass is 10.3. The van der Waals surface area contributed by atoms with E-state index in [1.807, 2.05) is 6.92 Å². The highest BCUT2D eigenvalue weighted by molar-refractivity contribution is 5.55. The molecule has 1 aromatic heterocycles. The molecule has 6 heteroatoms. The molecule has 2 rings (SSSR count). The molecule has 0 radical (unpaired) electrons. The summed E-state index contributed by atoms with van der Waals surface area (Å²) < 4.78 is 41.7. The van der Waals surface area contributed by atoms with E-state index in [2.05, 4.69) is 10.3 Å². The molecule has 0 amide bonds. The van der Waals surface area contributed by atoms with Crippen LogP contribution in [0.3, 0.4) is 0 Å². The van der Waals surface area contributed by atoms with Crippen molar-refractivity contribution in [2.75, 3.05) is 5.32 Å². The Hall–Kier alpha value is -1.98. The first kappa shape index (κ1) is 13.5. The highest BCUT2D eigenvalue weighted by Gasteiger charge is 2.14. The van der Waals surface area contributed by atoms with Crippen molar-refractivity contribution in [2.45, 2.75) is 26.8 Å². The van der Waals surface area contributed by atoms with Crippen molar-refractivity contribution in [2.24, 2.45) is 0 Å². The van der Waals surface area contributed by atoms with E-state index in [1.54, 1.807) is 17.7 Å². The fourth-order valence-corrected chi connectivity index (χ4v) is 1.83. The normalized spacial score (nSPS) is 10.8. The van der Waals surface area contributed by atoms with Gasteiger partial charge in [-0.25, -0.2) is 18.2 Å². The second kappa shape index (κ2) is 5.34. The lowest BCUT2D eigenvalue weighted by molar-refractivity contribution is 0.548. The Morgan fingerprint density at radius 2 is 1.84 bits per heavy atom. The smallest absolute Gasteiger partial charge is 0.207 e. The maximum absolute atomic E-state index is 13.5. The third-order valence-corrected chi connectivity index (χ3v) is 2.61. The van der Waals surface area contributed by atoms with Crippen LogP contribution in [-0.4, -0.2) is 9.55 Å². The van der Waals surface area contributed by atoms with Crippen LogP contribution < -0.4 is 5.32 Å². The van der Waals surface area contributed by atoms with Gasteiger partial charge in [0.2, 0.25) is 5.95 Å². The first-order chi connectivity index (χ1) is 9.01. The number of aromatic nitrogens is 2. The van der Waals surface area contributed by atoms with Crippen LogP contribution in [0, 0.1) is 24.4 Å². The largest absolute Gasteiger partial charge is 0.321 e. The van der Waals surface area contributed by atoms with Gasteiger partial charge in [0.25, 0.3) is 0 Å². The lowest BCUT2D eigenvalue weighted by Gasteiger charge is -2.10. The number of rotatable bonds is 4. The van der Waals surface area contributed by atoms with Crippen LogP contribution in [0.5, 0.6) is 0 Å². The number of hydrogen-bond donors (Lipinski definition) is 1. The molecule has 0 aliphatic carbocycles. The molecule has 2 aromatic rings. The van der Waals surface area contributed by atoms with E-state index in [0.29, 0.717) is 24.6 Å². The number of nitrogens with one attached hydrogen (secondary N) is 1. The number of anilines is 2. The number of nitrogens with zero attached hydrogens (tertiary/aromatic N) is 2. The zero-order valence-corrected chi connectivity index (χ0v) is 10.7. The maximum atomic E-state index is 13.5. The van der Waals surface area contributed by atoms with E-state index in [9.17, 15) is 13.2 Å². The van der Waals surface area contributed by atoms with Crippen molar-refractivity contribution in [1.82, 2.24) is 9.55 Å². The van der Waals surface area contributed by atoms with Gasteiger partial charge in [0, 0.05) is 24.9 Å². The molecular weight excluding hydrogens is 255 g/mol. The quantitative estimate of drug-likeness (QED) is 0.915. The Labute approximate surface area is 109 Å². The molecule has 1 N–H and O–H groups in total. The Morgan fingerprint density at radius 3 is 2.42 bits per heavy atom. The van der Waals surface area contributed by atoms with Gasteiger partial charge in [-0.3, -0.25) is 0 Å². The third-order valence-electron chi connectivity index (χ3n) is 2.61. The summed E-state index contributed by atoms with van der Waals surface area (Å²) in [6.07, 6.45) is 2.64. The molecule has 0 unspecified atom stereocenters. The molecule has 19 heavy (non-hydrogen) atoms. The lowest BCUT2D eigenvalue weighted by Crippen LogP contribution is -2.06. The van der Waals surface area contributed by atoms with Gasteiger partial charge in [0.05, 0.1) is 5.69 Å². The van der Waals surface area contributed by atoms with Gasteiger partial charge in [0.15, 0.2) is 11.6 Å². The average molecular weight is 269 g/mol. The predicted octanol–water partition coefficient (Wildman–Crippen LogP) is 3.76. The zero-order chi connectivity index (χ0) is 14.0. The second-order valence-electron chi connectivity index (χ2n) is 4.27. The van der Waals surface area contributed by atoms with E-state index >= 15 is 0 Å². The van der Waals surface area contributed by atoms with Crippen LogP contribution in [0.1, 0.15) is 19.0 Å². The van der Waals surface area contributed by atoms with Crippen molar-refractivity contribution < 1.29 is 13.2 Å². The van der Waals surface area contributed by atoms with Crippen molar-refractivity contribution in [3.63, 3.8) is 0 Å². The molecule has 0 fully saturated rings. The van der Waals surface area contributed by atoms with E-state index < -0.39 is 23.1 Å². The Bertz CT molecular complexity index is 570. The van der Waals surface area contributed by atoms with Crippen LogP contribution in [0.4, 0.5) is 24.8 Å². The molecule has 1 aromatic carbocycles. The summed E-state index contributed by atoms with van der Waals surface area (Å²) in [4.78, 5) is 4.15. The van der Waals surface area contributed by atoms with Gasteiger partial charge in [-0.1, -0.05) is 6.92 Å². The fraction of sp³-hybridized carbons (Fsp3) is 0.308. The maximum Gasteiger partial charge on any atom is 0.207 e. The van der Waals surface area contributed by atoms with E-state index in [0.717, 1.165) is 12.1 Å². The van der Waals surface area contributed by atoms with Gasteiger partial charge in [-0.15, -0.1) is 0 Å². The second-order valence-corrected chi connectivity index (χ2v) is 4.27. The van der Waals surface area contributed by atoms with Gasteiger partial charge < -0.3 is 9.88 Å². The highest BCUT2D eigenvalue weighted by atomic mass is 19.1. The summed E-state index contributed by atoms with van der Waals surface area (Å²) in [5, 5.41) is 2.58. The first-order valence-corrected chi connectivity index (χ1v) is 5.96. The van der Waals surface area contributed by atoms with Crippen molar-refractivity contribution in [1.29, 1.82) is 0 Å². The molecule has 0 saturated carbocycles.